The number of hydrogen-bond acceptors (Lipinski definition) is 2. The highest BCUT2D eigenvalue weighted by Gasteiger charge is 2.14. The van der Waals surface area contributed by atoms with E-state index in [4.69, 9.17) is 4.74 Å². The number of carbonyl (C=O) groups is 1. The van der Waals surface area contributed by atoms with Gasteiger partial charge in [0.25, 0.3) is 5.91 Å². The number of rotatable bonds is 5. The van der Waals surface area contributed by atoms with Gasteiger partial charge in [-0.2, -0.15) is 0 Å². The highest BCUT2D eigenvalue weighted by atomic mass is 79.9. The average molecular weight is 348 g/mol. The molecule has 110 valence electrons. The molecule has 0 aliphatic heterocycles. The Balaban J connectivity index is 2.11. The summed E-state index contributed by atoms with van der Waals surface area (Å²) in [6, 6.07) is 15.1. The summed E-state index contributed by atoms with van der Waals surface area (Å²) in [5.41, 5.74) is 2.76. The lowest BCUT2D eigenvalue weighted by atomic mass is 10.1. The van der Waals surface area contributed by atoms with Gasteiger partial charge >= 0.3 is 0 Å². The summed E-state index contributed by atoms with van der Waals surface area (Å²) in [5.74, 6) is 0.689. The van der Waals surface area contributed by atoms with Crippen molar-refractivity contribution >= 4 is 21.8 Å². The van der Waals surface area contributed by atoms with Crippen molar-refractivity contribution in [3.63, 3.8) is 0 Å². The Morgan fingerprint density at radius 2 is 1.86 bits per heavy atom. The van der Waals surface area contributed by atoms with E-state index in [2.05, 4.69) is 21.2 Å². The molecule has 0 aromatic heterocycles. The Morgan fingerprint density at radius 3 is 2.48 bits per heavy atom. The van der Waals surface area contributed by atoms with Crippen LogP contribution in [0.2, 0.25) is 0 Å². The number of carbonyl (C=O) groups excluding carboxylic acids is 1. The maximum atomic E-state index is 12.3. The molecule has 0 bridgehead atoms. The van der Waals surface area contributed by atoms with E-state index in [-0.39, 0.29) is 11.9 Å². The van der Waals surface area contributed by atoms with Crippen LogP contribution >= 0.6 is 15.9 Å². The van der Waals surface area contributed by atoms with Crippen LogP contribution in [0.5, 0.6) is 5.75 Å². The van der Waals surface area contributed by atoms with Crippen molar-refractivity contribution in [3.05, 3.63) is 65.2 Å². The Kier molecular flexibility index (Phi) is 5.39. The Bertz CT molecular complexity index is 610. The van der Waals surface area contributed by atoms with Crippen LogP contribution in [0.1, 0.15) is 34.5 Å². The molecule has 21 heavy (non-hydrogen) atoms. The Hall–Kier alpha value is -1.81. The quantitative estimate of drug-likeness (QED) is 0.827. The highest BCUT2D eigenvalue weighted by Crippen LogP contribution is 2.24. The largest absolute Gasteiger partial charge is 0.496 e. The molecule has 0 saturated carbocycles. The third-order valence-corrected chi connectivity index (χ3v) is 3.97. The van der Waals surface area contributed by atoms with Crippen LogP contribution in [0.4, 0.5) is 0 Å². The first-order valence-corrected chi connectivity index (χ1v) is 7.86. The number of para-hydroxylation sites is 1. The standard InChI is InChI=1S/C17H18BrNO2/c1-12(15-5-3-4-6-16(15)21-2)19-17(20)14-9-7-13(11-18)8-10-14/h3-10,12H,11H2,1-2H3,(H,19,20)/t12-/m1/s1. The number of nitrogens with one attached hydrogen (secondary N) is 1. The molecular weight excluding hydrogens is 330 g/mol. The molecule has 1 N–H and O–H groups in total. The summed E-state index contributed by atoms with van der Waals surface area (Å²) in [4.78, 5) is 12.3. The number of hydrogen-bond donors (Lipinski definition) is 1. The first kappa shape index (κ1) is 15.6. The van der Waals surface area contributed by atoms with Gasteiger partial charge in [0.05, 0.1) is 13.2 Å². The fourth-order valence-corrected chi connectivity index (χ4v) is 2.50. The lowest BCUT2D eigenvalue weighted by molar-refractivity contribution is 0.0939. The zero-order valence-electron chi connectivity index (χ0n) is 12.1. The normalized spacial score (nSPS) is 11.8. The number of methoxy groups -OCH3 is 1. The second-order valence-electron chi connectivity index (χ2n) is 4.77. The molecule has 2 aromatic carbocycles. The summed E-state index contributed by atoms with van der Waals surface area (Å²) < 4.78 is 5.33. The van der Waals surface area contributed by atoms with E-state index in [0.717, 1.165) is 22.2 Å². The van der Waals surface area contributed by atoms with Gasteiger partial charge in [0.1, 0.15) is 5.75 Å². The van der Waals surface area contributed by atoms with E-state index in [1.165, 1.54) is 0 Å². The molecule has 2 aromatic rings. The fraction of sp³-hybridized carbons (Fsp3) is 0.235. The number of ether oxygens (including phenoxy) is 1. The third kappa shape index (κ3) is 3.85. The van der Waals surface area contributed by atoms with Crippen LogP contribution in [0.25, 0.3) is 0 Å². The van der Waals surface area contributed by atoms with Gasteiger partial charge in [-0.25, -0.2) is 0 Å². The minimum absolute atomic E-state index is 0.0884. The molecule has 0 aliphatic carbocycles. The molecule has 0 fully saturated rings. The smallest absolute Gasteiger partial charge is 0.251 e. The second kappa shape index (κ2) is 7.27. The summed E-state index contributed by atoms with van der Waals surface area (Å²) in [6.45, 7) is 1.95. The van der Waals surface area contributed by atoms with Crippen LogP contribution < -0.4 is 10.1 Å². The zero-order valence-corrected chi connectivity index (χ0v) is 13.7. The van der Waals surface area contributed by atoms with Gasteiger partial charge in [0, 0.05) is 16.5 Å². The van der Waals surface area contributed by atoms with E-state index in [9.17, 15) is 4.79 Å². The van der Waals surface area contributed by atoms with Crippen LogP contribution in [-0.2, 0) is 5.33 Å². The van der Waals surface area contributed by atoms with E-state index in [1.54, 1.807) is 7.11 Å². The predicted octanol–water partition coefficient (Wildman–Crippen LogP) is 4.08. The van der Waals surface area contributed by atoms with Gasteiger partial charge in [-0.05, 0) is 30.7 Å². The van der Waals surface area contributed by atoms with Gasteiger partial charge in [-0.3, -0.25) is 4.79 Å². The Morgan fingerprint density at radius 1 is 1.19 bits per heavy atom. The van der Waals surface area contributed by atoms with Crippen molar-refractivity contribution in [3.8, 4) is 5.75 Å². The van der Waals surface area contributed by atoms with Crippen molar-refractivity contribution in [2.45, 2.75) is 18.3 Å². The van der Waals surface area contributed by atoms with Crippen LogP contribution in [0.3, 0.4) is 0 Å². The molecule has 0 saturated heterocycles. The summed E-state index contributed by atoms with van der Waals surface area (Å²) in [6.07, 6.45) is 0. The summed E-state index contributed by atoms with van der Waals surface area (Å²) >= 11 is 3.39. The molecule has 0 aliphatic rings. The number of alkyl halides is 1. The zero-order chi connectivity index (χ0) is 15.2. The van der Waals surface area contributed by atoms with Gasteiger partial charge in [0.2, 0.25) is 0 Å². The van der Waals surface area contributed by atoms with Crippen molar-refractivity contribution in [1.82, 2.24) is 5.32 Å². The van der Waals surface area contributed by atoms with E-state index in [0.29, 0.717) is 5.56 Å². The molecule has 0 spiro atoms. The second-order valence-corrected chi connectivity index (χ2v) is 5.33. The van der Waals surface area contributed by atoms with Crippen molar-refractivity contribution in [1.29, 1.82) is 0 Å². The molecule has 0 unspecified atom stereocenters. The first-order valence-electron chi connectivity index (χ1n) is 6.74. The lowest BCUT2D eigenvalue weighted by Crippen LogP contribution is -2.26. The maximum absolute atomic E-state index is 12.3. The molecule has 0 radical (unpaired) electrons. The molecule has 0 heterocycles. The fourth-order valence-electron chi connectivity index (χ4n) is 2.13. The SMILES string of the molecule is COc1ccccc1[C@@H](C)NC(=O)c1ccc(CBr)cc1. The van der Waals surface area contributed by atoms with Crippen molar-refractivity contribution in [2.75, 3.05) is 7.11 Å². The molecule has 4 heteroatoms. The topological polar surface area (TPSA) is 38.3 Å². The first-order chi connectivity index (χ1) is 10.2. The molecule has 1 amide bonds. The van der Waals surface area contributed by atoms with E-state index in [1.807, 2.05) is 55.5 Å². The van der Waals surface area contributed by atoms with Crippen LogP contribution in [0, 0.1) is 0 Å². The van der Waals surface area contributed by atoms with Gasteiger partial charge in [0.15, 0.2) is 0 Å². The molecule has 2 rings (SSSR count). The minimum Gasteiger partial charge on any atom is -0.496 e. The monoisotopic (exact) mass is 347 g/mol. The van der Waals surface area contributed by atoms with E-state index >= 15 is 0 Å². The summed E-state index contributed by atoms with van der Waals surface area (Å²) in [5, 5.41) is 3.78. The van der Waals surface area contributed by atoms with Crippen molar-refractivity contribution in [2.24, 2.45) is 0 Å². The highest BCUT2D eigenvalue weighted by molar-refractivity contribution is 9.08. The van der Waals surface area contributed by atoms with Crippen molar-refractivity contribution < 1.29 is 9.53 Å². The van der Waals surface area contributed by atoms with Gasteiger partial charge in [-0.15, -0.1) is 0 Å². The van der Waals surface area contributed by atoms with Gasteiger partial charge in [-0.1, -0.05) is 46.3 Å². The minimum atomic E-state index is -0.121. The van der Waals surface area contributed by atoms with Crippen LogP contribution in [0.15, 0.2) is 48.5 Å². The summed E-state index contributed by atoms with van der Waals surface area (Å²) in [7, 11) is 1.63. The molecular formula is C17H18BrNO2. The number of halogens is 1. The molecule has 3 nitrogen and oxygen atoms in total. The third-order valence-electron chi connectivity index (χ3n) is 3.32. The van der Waals surface area contributed by atoms with E-state index < -0.39 is 0 Å². The maximum Gasteiger partial charge on any atom is 0.251 e. The number of amides is 1. The van der Waals surface area contributed by atoms with Gasteiger partial charge < -0.3 is 10.1 Å². The Labute approximate surface area is 133 Å². The number of benzene rings is 2. The molecule has 1 atom stereocenters. The predicted molar refractivity (Wildman–Crippen MR) is 87.9 cm³/mol. The average Bonchev–Trinajstić information content (AvgIpc) is 2.54. The van der Waals surface area contributed by atoms with Crippen LogP contribution in [-0.4, -0.2) is 13.0 Å². The lowest BCUT2D eigenvalue weighted by Gasteiger charge is -2.17.